The first-order valence-corrected chi connectivity index (χ1v) is 26.0. The van der Waals surface area contributed by atoms with E-state index in [-0.39, 0.29) is 83.1 Å². The van der Waals surface area contributed by atoms with Crippen LogP contribution in [0.15, 0.2) is 0 Å². The van der Waals surface area contributed by atoms with E-state index in [1.165, 1.54) is 6.92 Å². The molecule has 0 aromatic carbocycles. The fraction of sp³-hybridized carbons (Fsp3) is 0.868. The van der Waals surface area contributed by atoms with Gasteiger partial charge in [-0.15, -0.1) is 0 Å². The summed E-state index contributed by atoms with van der Waals surface area (Å²) in [4.78, 5) is 92.2. The number of hydrogen-bond acceptors (Lipinski definition) is 7. The topological polar surface area (TPSA) is 212 Å². The number of halogens is 3. The van der Waals surface area contributed by atoms with Crippen molar-refractivity contribution in [1.82, 2.24) is 31.9 Å². The Kier molecular flexibility index (Phi) is 27.9. The van der Waals surface area contributed by atoms with Crippen LogP contribution in [0.25, 0.3) is 0 Å². The Bertz CT molecular complexity index is 1700. The molecule has 0 fully saturated rings. The van der Waals surface area contributed by atoms with Crippen LogP contribution in [0.2, 0.25) is 0 Å². The normalized spacial score (nSPS) is 20.0. The van der Waals surface area contributed by atoms with Crippen molar-refractivity contribution in [3.63, 3.8) is 0 Å². The summed E-state index contributed by atoms with van der Waals surface area (Å²) >= 11 is 0. The van der Waals surface area contributed by atoms with E-state index in [1.54, 1.807) is 27.7 Å². The van der Waals surface area contributed by atoms with Gasteiger partial charge in [0, 0.05) is 65.8 Å². The van der Waals surface area contributed by atoms with Crippen LogP contribution in [0.5, 0.6) is 0 Å². The average Bonchev–Trinajstić information content (AvgIpc) is 3.25. The van der Waals surface area contributed by atoms with Crippen LogP contribution in [-0.2, 0) is 33.6 Å². The summed E-state index contributed by atoms with van der Waals surface area (Å²) in [6.07, 6.45) is -3.46. The molecule has 0 aliphatic carbocycles. The van der Waals surface area contributed by atoms with Crippen molar-refractivity contribution in [2.75, 3.05) is 0 Å². The molecule has 408 valence electrons. The van der Waals surface area contributed by atoms with E-state index in [9.17, 15) is 51.8 Å². The second-order valence-electron chi connectivity index (χ2n) is 22.8. The van der Waals surface area contributed by atoms with Gasteiger partial charge < -0.3 is 37.0 Å². The highest BCUT2D eigenvalue weighted by atomic mass is 19.4. The minimum absolute atomic E-state index is 0.126. The van der Waals surface area contributed by atoms with Gasteiger partial charge in [0.1, 0.15) is 0 Å². The third kappa shape index (κ3) is 21.0. The number of carbonyl (C=O) groups excluding carboxylic acids is 6. The number of alkyl halides is 3. The molecule has 17 heteroatoms. The Morgan fingerprint density at radius 2 is 0.557 bits per heavy atom. The number of nitrogens with one attached hydrogen (secondary N) is 6. The van der Waals surface area contributed by atoms with Crippen molar-refractivity contribution in [3.8, 4) is 0 Å². The Balaban J connectivity index is 5.81. The van der Waals surface area contributed by atoms with Gasteiger partial charge in [0.05, 0.1) is 5.92 Å². The first kappa shape index (κ1) is 66.1. The maximum absolute atomic E-state index is 14.1. The minimum Gasteiger partial charge on any atom is -0.481 e. The Labute approximate surface area is 419 Å². The molecular formula is C53H97F3N6O8. The van der Waals surface area contributed by atoms with Gasteiger partial charge in [-0.25, -0.2) is 0 Å². The van der Waals surface area contributed by atoms with Gasteiger partial charge in [-0.2, -0.15) is 13.2 Å². The SMILES string of the molecule is CC(C)C[C@@H](C(=O)O)[C@@H](C)[C@@H](C)NC(=O)[C@H](C)[C@@H](C)[C@@H](C)NC(=O)[C@H](CC(C)C)[C@@H](C)[C@@H](C)NC(=O)[C@H](C)[C@@H](C)[C@@H](C)NC(=O)[C@H](CC(C)C)[C@@H](C)[C@@H](C)NC(=O)[C@H](C)[C@@H](C)[C@@H](C)NC(=O)C(F)(F)F. The van der Waals surface area contributed by atoms with E-state index in [4.69, 9.17) is 0 Å². The molecule has 70 heavy (non-hydrogen) atoms. The predicted octanol–water partition coefficient (Wildman–Crippen LogP) is 8.37. The summed E-state index contributed by atoms with van der Waals surface area (Å²) in [5.41, 5.74) is 0. The Hall–Kier alpha value is -3.92. The summed E-state index contributed by atoms with van der Waals surface area (Å²) in [6, 6.07) is -2.98. The molecule has 0 saturated heterocycles. The third-order valence-electron chi connectivity index (χ3n) is 15.9. The molecule has 0 saturated carbocycles. The maximum Gasteiger partial charge on any atom is 0.471 e. The molecule has 0 spiro atoms. The molecule has 0 rings (SSSR count). The van der Waals surface area contributed by atoms with Crippen molar-refractivity contribution >= 4 is 41.4 Å². The lowest BCUT2D eigenvalue weighted by molar-refractivity contribution is -0.174. The molecule has 0 aliphatic heterocycles. The van der Waals surface area contributed by atoms with E-state index in [2.05, 4.69) is 26.6 Å². The predicted molar refractivity (Wildman–Crippen MR) is 271 cm³/mol. The van der Waals surface area contributed by atoms with E-state index >= 15 is 0 Å². The lowest BCUT2D eigenvalue weighted by Crippen LogP contribution is -2.52. The van der Waals surface area contributed by atoms with Crippen LogP contribution in [0.4, 0.5) is 13.2 Å². The van der Waals surface area contributed by atoms with E-state index < -0.39 is 89.6 Å². The molecular weight excluding hydrogens is 906 g/mol. The molecule has 0 radical (unpaired) electrons. The van der Waals surface area contributed by atoms with E-state index in [0.29, 0.717) is 19.3 Å². The van der Waals surface area contributed by atoms with Crippen molar-refractivity contribution in [2.24, 2.45) is 88.8 Å². The molecule has 6 amide bonds. The van der Waals surface area contributed by atoms with Crippen molar-refractivity contribution in [1.29, 1.82) is 0 Å². The molecule has 0 aromatic heterocycles. The zero-order chi connectivity index (χ0) is 55.0. The summed E-state index contributed by atoms with van der Waals surface area (Å²) < 4.78 is 38.6. The Morgan fingerprint density at radius 1 is 0.343 bits per heavy atom. The molecule has 0 bridgehead atoms. The smallest absolute Gasteiger partial charge is 0.471 e. The zero-order valence-electron chi connectivity index (χ0n) is 46.7. The van der Waals surface area contributed by atoms with Gasteiger partial charge >= 0.3 is 18.1 Å². The average molecular weight is 1000 g/mol. The third-order valence-corrected chi connectivity index (χ3v) is 15.9. The molecule has 0 unspecified atom stereocenters. The number of carboxylic acid groups (broad SMARTS) is 1. The lowest BCUT2D eigenvalue weighted by atomic mass is 9.80. The summed E-state index contributed by atoms with van der Waals surface area (Å²) in [6.45, 7) is 38.9. The number of aliphatic carboxylic acids is 1. The highest BCUT2D eigenvalue weighted by Gasteiger charge is 2.41. The molecule has 7 N–H and O–H groups in total. The number of amides is 6. The van der Waals surface area contributed by atoms with Gasteiger partial charge in [0.15, 0.2) is 0 Å². The van der Waals surface area contributed by atoms with Gasteiger partial charge in [-0.05, 0) is 114 Å². The quantitative estimate of drug-likeness (QED) is 0.0371. The highest BCUT2D eigenvalue weighted by molar-refractivity contribution is 5.84. The van der Waals surface area contributed by atoms with Crippen LogP contribution in [0.1, 0.15) is 165 Å². The van der Waals surface area contributed by atoms with E-state index in [0.717, 1.165) is 0 Å². The molecule has 14 nitrogen and oxygen atoms in total. The Morgan fingerprint density at radius 3 is 0.800 bits per heavy atom. The second kappa shape index (κ2) is 29.6. The van der Waals surface area contributed by atoms with Crippen molar-refractivity contribution in [2.45, 2.75) is 207 Å². The van der Waals surface area contributed by atoms with E-state index in [1.807, 2.05) is 116 Å². The molecule has 0 heterocycles. The standard InChI is InChI=1S/C53H97F3N6O8/c1-25(2)22-43(49(66)61-38(17)29(8)32(11)47(64)59-42(21)36(15)45(51(68)69)24-27(5)6)34(13)40(19)57-46(63)31(10)28(7)37(16)60-50(67)44(23-26(3)4)35(14)41(20)58-48(65)33(12)30(9)39(18)62-52(70)53(54,55)56/h25-45H,22-24H2,1-21H3,(H,57,63)(H,58,65)(H,59,64)(H,60,67)(H,61,66)(H,62,70)(H,68,69)/t28-,29-,30-,31-,32-,33-,34+,35+,36+,37-,38-,39-,40-,41-,42-,43-,44-,45-/m1/s1. The number of carboxylic acids is 1. The first-order valence-electron chi connectivity index (χ1n) is 26.0. The van der Waals surface area contributed by atoms with Crippen LogP contribution in [0, 0.1) is 88.8 Å². The van der Waals surface area contributed by atoms with Crippen molar-refractivity contribution in [3.05, 3.63) is 0 Å². The molecule has 0 aromatic rings. The fourth-order valence-corrected chi connectivity index (χ4v) is 9.05. The van der Waals surface area contributed by atoms with Crippen molar-refractivity contribution < 1.29 is 51.8 Å². The fourth-order valence-electron chi connectivity index (χ4n) is 9.05. The number of rotatable bonds is 30. The summed E-state index contributed by atoms with van der Waals surface area (Å²) in [5.74, 6) is -9.10. The van der Waals surface area contributed by atoms with Gasteiger partial charge in [0.2, 0.25) is 29.5 Å². The van der Waals surface area contributed by atoms with Crippen LogP contribution in [0.3, 0.4) is 0 Å². The number of carbonyl (C=O) groups is 7. The van der Waals surface area contributed by atoms with Crippen LogP contribution in [-0.4, -0.2) is 88.9 Å². The van der Waals surface area contributed by atoms with Gasteiger partial charge in [0.25, 0.3) is 0 Å². The first-order chi connectivity index (χ1) is 31.9. The summed E-state index contributed by atoms with van der Waals surface area (Å²) in [5, 5.41) is 27.2. The monoisotopic (exact) mass is 1000 g/mol. The van der Waals surface area contributed by atoms with Crippen LogP contribution < -0.4 is 31.9 Å². The largest absolute Gasteiger partial charge is 0.481 e. The minimum atomic E-state index is -5.04. The lowest BCUT2D eigenvalue weighted by Gasteiger charge is -2.35. The maximum atomic E-state index is 14.1. The van der Waals surface area contributed by atoms with Gasteiger partial charge in [-0.3, -0.25) is 33.6 Å². The van der Waals surface area contributed by atoms with Gasteiger partial charge in [-0.1, -0.05) is 104 Å². The highest BCUT2D eigenvalue weighted by Crippen LogP contribution is 2.29. The van der Waals surface area contributed by atoms with Crippen LogP contribution >= 0.6 is 0 Å². The zero-order valence-corrected chi connectivity index (χ0v) is 46.7. The molecule has 0 aliphatic rings. The molecule has 18 atom stereocenters. The second-order valence-corrected chi connectivity index (χ2v) is 22.8. The summed E-state index contributed by atoms with van der Waals surface area (Å²) in [7, 11) is 0. The number of hydrogen-bond donors (Lipinski definition) is 7.